The number of hydrogen-bond donors (Lipinski definition) is 0. The summed E-state index contributed by atoms with van der Waals surface area (Å²) in [6.07, 6.45) is 1.29. The molecule has 1 atom stereocenters. The molecule has 5 heteroatoms. The van der Waals surface area contributed by atoms with Gasteiger partial charge in [-0.2, -0.15) is 0 Å². The normalized spacial score (nSPS) is 15.1. The molecule has 0 aliphatic rings. The zero-order valence-electron chi connectivity index (χ0n) is 10.2. The van der Waals surface area contributed by atoms with Gasteiger partial charge in [-0.05, 0) is 39.3 Å². The van der Waals surface area contributed by atoms with Crippen LogP contribution in [0.3, 0.4) is 0 Å². The van der Waals surface area contributed by atoms with Crippen molar-refractivity contribution in [2.75, 3.05) is 6.26 Å². The molecule has 1 aromatic rings. The van der Waals surface area contributed by atoms with Crippen LogP contribution in [0.2, 0.25) is 0 Å². The number of halogens is 1. The van der Waals surface area contributed by atoms with E-state index in [-0.39, 0.29) is 4.83 Å². The number of alkyl halides is 1. The van der Waals surface area contributed by atoms with E-state index in [0.717, 1.165) is 10.4 Å². The summed E-state index contributed by atoms with van der Waals surface area (Å²) < 4.78 is 22.7. The Balaban J connectivity index is 3.22. The van der Waals surface area contributed by atoms with Gasteiger partial charge in [-0.25, -0.2) is 8.42 Å². The molecule has 0 aliphatic heterocycles. The van der Waals surface area contributed by atoms with E-state index in [2.05, 4.69) is 22.0 Å². The summed E-state index contributed by atoms with van der Waals surface area (Å²) in [6.45, 7) is 7.58. The van der Waals surface area contributed by atoms with Gasteiger partial charge in [0.05, 0.1) is 9.57 Å². The topological polar surface area (TPSA) is 34.1 Å². The van der Waals surface area contributed by atoms with Gasteiger partial charge >= 0.3 is 0 Å². The van der Waals surface area contributed by atoms with Gasteiger partial charge in [0.1, 0.15) is 0 Å². The van der Waals surface area contributed by atoms with Crippen molar-refractivity contribution in [3.8, 4) is 0 Å². The monoisotopic (exact) mass is 324 g/mol. The molecular weight excluding hydrogens is 308 g/mol. The summed E-state index contributed by atoms with van der Waals surface area (Å²) in [6, 6.07) is 2.09. The van der Waals surface area contributed by atoms with Crippen LogP contribution in [0.1, 0.15) is 34.0 Å². The summed E-state index contributed by atoms with van der Waals surface area (Å²) in [5.74, 6) is 0. The number of hydrogen-bond acceptors (Lipinski definition) is 3. The third-order valence-corrected chi connectivity index (χ3v) is 8.45. The molecule has 0 aromatic carbocycles. The van der Waals surface area contributed by atoms with Gasteiger partial charge in [0, 0.05) is 16.0 Å². The lowest BCUT2D eigenvalue weighted by Gasteiger charge is -2.28. The average Bonchev–Trinajstić information content (AvgIpc) is 2.41. The van der Waals surface area contributed by atoms with Crippen molar-refractivity contribution >= 4 is 37.1 Å². The Kier molecular flexibility index (Phi) is 3.92. The molecule has 16 heavy (non-hydrogen) atoms. The van der Waals surface area contributed by atoms with E-state index in [1.807, 2.05) is 13.8 Å². The first-order valence-electron chi connectivity index (χ1n) is 4.98. The molecule has 1 aromatic heterocycles. The predicted octanol–water partition coefficient (Wildman–Crippen LogP) is 3.62. The highest BCUT2D eigenvalue weighted by Crippen LogP contribution is 2.43. The summed E-state index contributed by atoms with van der Waals surface area (Å²) in [5.41, 5.74) is 1.15. The van der Waals surface area contributed by atoms with Crippen LogP contribution in [0, 0.1) is 13.8 Å². The quantitative estimate of drug-likeness (QED) is 0.796. The minimum atomic E-state index is -3.10. The van der Waals surface area contributed by atoms with Crippen molar-refractivity contribution in [2.24, 2.45) is 0 Å². The van der Waals surface area contributed by atoms with E-state index >= 15 is 0 Å². The fraction of sp³-hybridized carbons (Fsp3) is 0.636. The second-order valence-corrected chi connectivity index (χ2v) is 9.44. The summed E-state index contributed by atoms with van der Waals surface area (Å²) >= 11 is 5.19. The van der Waals surface area contributed by atoms with Crippen LogP contribution in [-0.2, 0) is 9.84 Å². The van der Waals surface area contributed by atoms with Gasteiger partial charge in [-0.15, -0.1) is 11.3 Å². The molecular formula is C11H17BrO2S2. The Bertz CT molecular complexity index is 486. The maximum atomic E-state index is 11.8. The molecule has 0 fully saturated rings. The van der Waals surface area contributed by atoms with Gasteiger partial charge in [0.25, 0.3) is 0 Å². The largest absolute Gasteiger partial charge is 0.229 e. The van der Waals surface area contributed by atoms with E-state index in [1.165, 1.54) is 11.1 Å². The first-order valence-corrected chi connectivity index (χ1v) is 8.60. The third kappa shape index (κ3) is 2.51. The van der Waals surface area contributed by atoms with Crippen LogP contribution in [0.25, 0.3) is 0 Å². The van der Waals surface area contributed by atoms with Crippen LogP contribution >= 0.6 is 27.3 Å². The van der Waals surface area contributed by atoms with Gasteiger partial charge in [-0.1, -0.05) is 15.9 Å². The molecule has 0 N–H and O–H groups in total. The Labute approximate surface area is 110 Å². The minimum Gasteiger partial charge on any atom is -0.229 e. The van der Waals surface area contributed by atoms with E-state index < -0.39 is 14.6 Å². The first kappa shape index (κ1) is 14.2. The van der Waals surface area contributed by atoms with E-state index in [1.54, 1.807) is 25.2 Å². The van der Waals surface area contributed by atoms with Crippen molar-refractivity contribution in [3.05, 3.63) is 21.4 Å². The molecule has 0 radical (unpaired) electrons. The van der Waals surface area contributed by atoms with Gasteiger partial charge in [-0.3, -0.25) is 0 Å². The molecule has 0 bridgehead atoms. The number of rotatable bonds is 3. The van der Waals surface area contributed by atoms with Crippen LogP contribution in [0.4, 0.5) is 0 Å². The Morgan fingerprint density at radius 3 is 2.19 bits per heavy atom. The van der Waals surface area contributed by atoms with Crippen molar-refractivity contribution < 1.29 is 8.42 Å². The standard InChI is InChI=1S/C11H17BrO2S2/c1-7-6-8(2)15-9(7)10(12)11(3,4)16(5,13)14/h6,10H,1-5H3. The summed E-state index contributed by atoms with van der Waals surface area (Å²) in [5, 5.41) is 0. The third-order valence-electron chi connectivity index (χ3n) is 2.88. The van der Waals surface area contributed by atoms with E-state index in [9.17, 15) is 8.42 Å². The highest BCUT2D eigenvalue weighted by Gasteiger charge is 2.39. The SMILES string of the molecule is Cc1cc(C)c(C(Br)C(C)(C)S(C)(=O)=O)s1. The zero-order chi connectivity index (χ0) is 12.7. The predicted molar refractivity (Wildman–Crippen MR) is 74.4 cm³/mol. The Morgan fingerprint density at radius 1 is 1.38 bits per heavy atom. The van der Waals surface area contributed by atoms with Crippen molar-refractivity contribution in [2.45, 2.75) is 37.3 Å². The lowest BCUT2D eigenvalue weighted by Crippen LogP contribution is -2.35. The number of sulfone groups is 1. The van der Waals surface area contributed by atoms with Gasteiger partial charge in [0.2, 0.25) is 0 Å². The highest BCUT2D eigenvalue weighted by molar-refractivity contribution is 9.09. The van der Waals surface area contributed by atoms with Crippen molar-refractivity contribution in [1.82, 2.24) is 0 Å². The molecule has 1 heterocycles. The van der Waals surface area contributed by atoms with Gasteiger partial charge in [0.15, 0.2) is 9.84 Å². The number of thiophene rings is 1. The summed E-state index contributed by atoms with van der Waals surface area (Å²) in [7, 11) is -3.10. The zero-order valence-corrected chi connectivity index (χ0v) is 13.4. The van der Waals surface area contributed by atoms with Crippen LogP contribution in [-0.4, -0.2) is 19.4 Å². The Hall–Kier alpha value is 0.130. The first-order chi connectivity index (χ1) is 7.07. The molecule has 0 aliphatic carbocycles. The van der Waals surface area contributed by atoms with Crippen molar-refractivity contribution in [3.63, 3.8) is 0 Å². The molecule has 1 rings (SSSR count). The fourth-order valence-electron chi connectivity index (χ4n) is 1.41. The smallest absolute Gasteiger partial charge is 0.154 e. The second kappa shape index (κ2) is 4.42. The highest BCUT2D eigenvalue weighted by atomic mass is 79.9. The van der Waals surface area contributed by atoms with Crippen LogP contribution in [0.15, 0.2) is 6.07 Å². The number of aryl methyl sites for hydroxylation is 2. The van der Waals surface area contributed by atoms with Crippen LogP contribution < -0.4 is 0 Å². The molecule has 92 valence electrons. The summed E-state index contributed by atoms with van der Waals surface area (Å²) in [4.78, 5) is 2.16. The van der Waals surface area contributed by atoms with Gasteiger partial charge < -0.3 is 0 Å². The maximum absolute atomic E-state index is 11.8. The second-order valence-electron chi connectivity index (χ2n) is 4.64. The minimum absolute atomic E-state index is 0.159. The fourth-order valence-corrected chi connectivity index (χ4v) is 4.84. The van der Waals surface area contributed by atoms with E-state index in [0.29, 0.717) is 0 Å². The molecule has 0 amide bonds. The lowest BCUT2D eigenvalue weighted by atomic mass is 10.1. The average molecular weight is 325 g/mol. The maximum Gasteiger partial charge on any atom is 0.154 e. The molecule has 0 saturated carbocycles. The molecule has 0 saturated heterocycles. The van der Waals surface area contributed by atoms with Crippen molar-refractivity contribution in [1.29, 1.82) is 0 Å². The Morgan fingerprint density at radius 2 is 1.88 bits per heavy atom. The van der Waals surface area contributed by atoms with E-state index in [4.69, 9.17) is 0 Å². The lowest BCUT2D eigenvalue weighted by molar-refractivity contribution is 0.550. The molecule has 1 unspecified atom stereocenters. The van der Waals surface area contributed by atoms with Crippen LogP contribution in [0.5, 0.6) is 0 Å². The molecule has 2 nitrogen and oxygen atoms in total. The molecule has 0 spiro atoms.